The Morgan fingerprint density at radius 2 is 1.97 bits per heavy atom. The third-order valence-corrected chi connectivity index (χ3v) is 5.43. The van der Waals surface area contributed by atoms with Gasteiger partial charge in [-0.3, -0.25) is 9.59 Å². The summed E-state index contributed by atoms with van der Waals surface area (Å²) in [6, 6.07) is 9.57. The molecule has 0 saturated carbocycles. The van der Waals surface area contributed by atoms with E-state index in [1.165, 1.54) is 12.1 Å². The molecule has 0 bridgehead atoms. The first kappa shape index (κ1) is 21.4. The fraction of sp³-hybridized carbons (Fsp3) is 0.292. The minimum Gasteiger partial charge on any atom is -0.487 e. The minimum absolute atomic E-state index is 0.202. The zero-order valence-electron chi connectivity index (χ0n) is 18.1. The summed E-state index contributed by atoms with van der Waals surface area (Å²) in [6.45, 7) is 5.42. The Balaban J connectivity index is 1.65. The van der Waals surface area contributed by atoms with Crippen molar-refractivity contribution in [1.82, 2.24) is 0 Å². The second-order valence-corrected chi connectivity index (χ2v) is 8.41. The number of nitrogens with one attached hydrogen (secondary N) is 1. The van der Waals surface area contributed by atoms with E-state index in [1.807, 2.05) is 13.8 Å². The number of nitrogens with two attached hydrogens (primary N) is 1. The van der Waals surface area contributed by atoms with Gasteiger partial charge in [0.2, 0.25) is 0 Å². The van der Waals surface area contributed by atoms with Crippen molar-refractivity contribution in [3.63, 3.8) is 0 Å². The lowest BCUT2D eigenvalue weighted by Crippen LogP contribution is -2.32. The van der Waals surface area contributed by atoms with Gasteiger partial charge in [-0.25, -0.2) is 4.79 Å². The number of para-hydroxylation sites is 1. The fourth-order valence-electron chi connectivity index (χ4n) is 3.87. The summed E-state index contributed by atoms with van der Waals surface area (Å²) in [6.07, 6.45) is 1.46. The van der Waals surface area contributed by atoms with E-state index in [0.717, 1.165) is 12.0 Å². The van der Waals surface area contributed by atoms with Crippen LogP contribution < -0.4 is 26.1 Å². The van der Waals surface area contributed by atoms with Crippen molar-refractivity contribution in [2.24, 2.45) is 5.73 Å². The maximum Gasteiger partial charge on any atom is 0.336 e. The SMILES string of the molecule is Cc1cc(=O)oc2c3c(cc(OCC(=O)Nc4ccccc4C(N)=O)c12)OC(C)(C)CC3. The van der Waals surface area contributed by atoms with Gasteiger partial charge in [-0.15, -0.1) is 0 Å². The maximum absolute atomic E-state index is 12.5. The molecule has 1 aromatic heterocycles. The van der Waals surface area contributed by atoms with Gasteiger partial charge in [0.05, 0.1) is 16.6 Å². The van der Waals surface area contributed by atoms with Crippen LogP contribution in [0.5, 0.6) is 11.5 Å². The number of hydrogen-bond donors (Lipinski definition) is 2. The van der Waals surface area contributed by atoms with Gasteiger partial charge in [0, 0.05) is 17.7 Å². The van der Waals surface area contributed by atoms with Gasteiger partial charge < -0.3 is 24.9 Å². The van der Waals surface area contributed by atoms with Crippen LogP contribution in [-0.2, 0) is 11.2 Å². The summed E-state index contributed by atoms with van der Waals surface area (Å²) >= 11 is 0. The van der Waals surface area contributed by atoms with E-state index in [-0.39, 0.29) is 17.8 Å². The van der Waals surface area contributed by atoms with Crippen LogP contribution in [0.2, 0.25) is 0 Å². The monoisotopic (exact) mass is 436 g/mol. The Kier molecular flexibility index (Phi) is 5.38. The number of rotatable bonds is 5. The molecule has 2 heterocycles. The Morgan fingerprint density at radius 3 is 2.72 bits per heavy atom. The van der Waals surface area contributed by atoms with Gasteiger partial charge >= 0.3 is 5.63 Å². The van der Waals surface area contributed by atoms with E-state index in [9.17, 15) is 14.4 Å². The zero-order valence-corrected chi connectivity index (χ0v) is 18.1. The molecule has 0 aliphatic carbocycles. The summed E-state index contributed by atoms with van der Waals surface area (Å²) in [5.74, 6) is -0.179. The standard InChI is InChI=1S/C24H24N2O6/c1-13-10-20(28)31-22-15-8-9-24(2,3)32-17(15)11-18(21(13)22)30-12-19(27)26-16-7-5-4-6-14(16)23(25)29/h4-7,10-11H,8-9,12H2,1-3H3,(H2,25,29)(H,26,27). The highest BCUT2D eigenvalue weighted by molar-refractivity contribution is 6.03. The maximum atomic E-state index is 12.5. The molecular formula is C24H24N2O6. The molecule has 2 amide bonds. The van der Waals surface area contributed by atoms with Crippen molar-refractivity contribution >= 4 is 28.5 Å². The summed E-state index contributed by atoms with van der Waals surface area (Å²) in [5.41, 5.74) is 6.94. The van der Waals surface area contributed by atoms with Crippen LogP contribution in [0.25, 0.3) is 11.0 Å². The molecular weight excluding hydrogens is 412 g/mol. The van der Waals surface area contributed by atoms with E-state index in [1.54, 1.807) is 31.2 Å². The molecule has 0 unspecified atom stereocenters. The lowest BCUT2D eigenvalue weighted by atomic mass is 9.92. The highest BCUT2D eigenvalue weighted by Crippen LogP contribution is 2.42. The molecule has 0 spiro atoms. The predicted octanol–water partition coefficient (Wildman–Crippen LogP) is 3.32. The Morgan fingerprint density at radius 1 is 1.22 bits per heavy atom. The Labute approximate surface area is 184 Å². The van der Waals surface area contributed by atoms with Gasteiger partial charge in [-0.2, -0.15) is 0 Å². The Bertz CT molecular complexity index is 1290. The number of aryl methyl sites for hydroxylation is 2. The number of carbonyl (C=O) groups excluding carboxylic acids is 2. The zero-order chi connectivity index (χ0) is 23.0. The van der Waals surface area contributed by atoms with Crippen LogP contribution >= 0.6 is 0 Å². The fourth-order valence-corrected chi connectivity index (χ4v) is 3.87. The summed E-state index contributed by atoms with van der Waals surface area (Å²) in [4.78, 5) is 36.1. The molecule has 8 heteroatoms. The molecule has 166 valence electrons. The van der Waals surface area contributed by atoms with E-state index in [0.29, 0.717) is 40.1 Å². The van der Waals surface area contributed by atoms with Gasteiger partial charge in [0.25, 0.3) is 11.8 Å². The average Bonchev–Trinajstić information content (AvgIpc) is 2.71. The molecule has 0 fully saturated rings. The highest BCUT2D eigenvalue weighted by Gasteiger charge is 2.30. The molecule has 1 aliphatic heterocycles. The van der Waals surface area contributed by atoms with E-state index < -0.39 is 17.4 Å². The predicted molar refractivity (Wildman–Crippen MR) is 119 cm³/mol. The molecule has 1 aliphatic rings. The molecule has 3 aromatic rings. The quantitative estimate of drug-likeness (QED) is 0.592. The first-order valence-corrected chi connectivity index (χ1v) is 10.3. The molecule has 4 rings (SSSR count). The molecule has 0 radical (unpaired) electrons. The second kappa shape index (κ2) is 8.03. The van der Waals surface area contributed by atoms with E-state index in [4.69, 9.17) is 19.6 Å². The van der Waals surface area contributed by atoms with Crippen LogP contribution in [0.15, 0.2) is 45.6 Å². The van der Waals surface area contributed by atoms with Crippen molar-refractivity contribution in [2.45, 2.75) is 39.2 Å². The molecule has 0 saturated heterocycles. The van der Waals surface area contributed by atoms with Crippen molar-refractivity contribution in [1.29, 1.82) is 0 Å². The third kappa shape index (κ3) is 4.16. The first-order valence-electron chi connectivity index (χ1n) is 10.3. The molecule has 8 nitrogen and oxygen atoms in total. The van der Waals surface area contributed by atoms with Crippen LogP contribution in [0.4, 0.5) is 5.69 Å². The lowest BCUT2D eigenvalue weighted by molar-refractivity contribution is -0.118. The molecule has 32 heavy (non-hydrogen) atoms. The van der Waals surface area contributed by atoms with Crippen molar-refractivity contribution in [2.75, 3.05) is 11.9 Å². The molecule has 0 atom stereocenters. The van der Waals surface area contributed by atoms with Gasteiger partial charge in [-0.1, -0.05) is 12.1 Å². The number of hydrogen-bond acceptors (Lipinski definition) is 6. The lowest BCUT2D eigenvalue weighted by Gasteiger charge is -2.33. The van der Waals surface area contributed by atoms with Crippen molar-refractivity contribution < 1.29 is 23.5 Å². The van der Waals surface area contributed by atoms with E-state index in [2.05, 4.69) is 5.32 Å². The second-order valence-electron chi connectivity index (χ2n) is 8.41. The number of primary amides is 1. The van der Waals surface area contributed by atoms with Crippen LogP contribution in [0.3, 0.4) is 0 Å². The molecule has 3 N–H and O–H groups in total. The number of fused-ring (bicyclic) bond motifs is 3. The minimum atomic E-state index is -0.645. The first-order chi connectivity index (χ1) is 15.1. The third-order valence-electron chi connectivity index (χ3n) is 5.43. The van der Waals surface area contributed by atoms with Crippen LogP contribution in [0, 0.1) is 6.92 Å². The number of amides is 2. The normalized spacial score (nSPS) is 14.3. The average molecular weight is 436 g/mol. The van der Waals surface area contributed by atoms with Crippen molar-refractivity contribution in [3.8, 4) is 11.5 Å². The summed E-state index contributed by atoms with van der Waals surface area (Å²) in [7, 11) is 0. The Hall–Kier alpha value is -3.81. The number of anilines is 1. The van der Waals surface area contributed by atoms with Gasteiger partial charge in [0.15, 0.2) is 6.61 Å². The van der Waals surface area contributed by atoms with E-state index >= 15 is 0 Å². The highest BCUT2D eigenvalue weighted by atomic mass is 16.5. The summed E-state index contributed by atoms with van der Waals surface area (Å²) in [5, 5.41) is 3.26. The van der Waals surface area contributed by atoms with Crippen LogP contribution in [0.1, 0.15) is 41.8 Å². The number of benzene rings is 2. The number of carbonyl (C=O) groups is 2. The van der Waals surface area contributed by atoms with Gasteiger partial charge in [-0.05, 0) is 51.3 Å². The number of ether oxygens (including phenoxy) is 2. The van der Waals surface area contributed by atoms with Crippen molar-refractivity contribution in [3.05, 3.63) is 63.5 Å². The van der Waals surface area contributed by atoms with Gasteiger partial charge in [0.1, 0.15) is 22.7 Å². The van der Waals surface area contributed by atoms with Crippen LogP contribution in [-0.4, -0.2) is 24.0 Å². The summed E-state index contributed by atoms with van der Waals surface area (Å²) < 4.78 is 17.5. The largest absolute Gasteiger partial charge is 0.487 e. The smallest absolute Gasteiger partial charge is 0.336 e. The topological polar surface area (TPSA) is 121 Å². The molecule has 2 aromatic carbocycles.